The summed E-state index contributed by atoms with van der Waals surface area (Å²) in [4.78, 5) is 38.0. The lowest BCUT2D eigenvalue weighted by molar-refractivity contribution is -0.122. The van der Waals surface area contributed by atoms with Crippen molar-refractivity contribution in [3.05, 3.63) is 71.4 Å². The number of nitrogens with one attached hydrogen (secondary N) is 1. The molecule has 0 aliphatic carbocycles. The molecule has 3 aromatic rings. The molecule has 1 fully saturated rings. The first-order chi connectivity index (χ1) is 13.9. The van der Waals surface area contributed by atoms with E-state index in [1.165, 1.54) is 24.3 Å². The van der Waals surface area contributed by atoms with Crippen LogP contribution < -0.4 is 10.2 Å². The van der Waals surface area contributed by atoms with Gasteiger partial charge in [-0.2, -0.15) is 0 Å². The molecule has 2 heterocycles. The lowest BCUT2D eigenvalue weighted by atomic mass is 10.1. The summed E-state index contributed by atoms with van der Waals surface area (Å²) in [5.41, 5.74) is 1.87. The van der Waals surface area contributed by atoms with Crippen molar-refractivity contribution in [1.82, 2.24) is 9.88 Å². The van der Waals surface area contributed by atoms with Crippen molar-refractivity contribution in [1.29, 1.82) is 0 Å². The molecule has 0 radical (unpaired) electrons. The van der Waals surface area contributed by atoms with Crippen LogP contribution in [-0.4, -0.2) is 32.6 Å². The van der Waals surface area contributed by atoms with E-state index in [1.54, 1.807) is 6.07 Å². The fourth-order valence-corrected chi connectivity index (χ4v) is 3.59. The first-order valence-electron chi connectivity index (χ1n) is 8.65. The largest absolute Gasteiger partial charge is 0.478 e. The summed E-state index contributed by atoms with van der Waals surface area (Å²) in [6.45, 7) is 0. The number of rotatable bonds is 3. The Kier molecular flexibility index (Phi) is 4.48. The Labute approximate surface area is 170 Å². The number of amides is 2. The standard InChI is InChI=1S/C21H15N3O4S/c1-23-11-13(15-7-2-3-8-17(15)23)10-16-18(25)22-21(29)24(19(16)26)14-6-4-5-12(9-14)20(27)28/h2-11H,1H3,(H,27,28)(H,22,25,29)/b16-10+. The zero-order chi connectivity index (χ0) is 20.7. The third kappa shape index (κ3) is 3.19. The summed E-state index contributed by atoms with van der Waals surface area (Å²) in [5.74, 6) is -2.34. The normalized spacial score (nSPS) is 15.8. The number of aromatic nitrogens is 1. The van der Waals surface area contributed by atoms with Gasteiger partial charge in [-0.15, -0.1) is 0 Å². The fraction of sp³-hybridized carbons (Fsp3) is 0.0476. The molecule has 0 atom stereocenters. The van der Waals surface area contributed by atoms with Crippen LogP contribution in [0.3, 0.4) is 0 Å². The molecule has 1 aromatic heterocycles. The van der Waals surface area contributed by atoms with E-state index in [2.05, 4.69) is 5.32 Å². The van der Waals surface area contributed by atoms with Gasteiger partial charge in [0.1, 0.15) is 5.57 Å². The van der Waals surface area contributed by atoms with Crippen molar-refractivity contribution in [2.45, 2.75) is 0 Å². The van der Waals surface area contributed by atoms with Crippen LogP contribution in [-0.2, 0) is 16.6 Å². The first-order valence-corrected chi connectivity index (χ1v) is 9.06. The molecular weight excluding hydrogens is 390 g/mol. The van der Waals surface area contributed by atoms with E-state index in [4.69, 9.17) is 12.2 Å². The molecule has 0 unspecified atom stereocenters. The minimum atomic E-state index is -1.13. The highest BCUT2D eigenvalue weighted by atomic mass is 32.1. The van der Waals surface area contributed by atoms with E-state index in [1.807, 2.05) is 42.1 Å². The zero-order valence-corrected chi connectivity index (χ0v) is 16.1. The van der Waals surface area contributed by atoms with Gasteiger partial charge in [-0.3, -0.25) is 19.8 Å². The molecule has 2 aromatic carbocycles. The highest BCUT2D eigenvalue weighted by molar-refractivity contribution is 7.80. The minimum absolute atomic E-state index is 0.00887. The van der Waals surface area contributed by atoms with Crippen LogP contribution in [0.2, 0.25) is 0 Å². The van der Waals surface area contributed by atoms with Crippen molar-refractivity contribution < 1.29 is 19.5 Å². The Morgan fingerprint density at radius 3 is 2.66 bits per heavy atom. The van der Waals surface area contributed by atoms with Crippen LogP contribution in [0, 0.1) is 0 Å². The smallest absolute Gasteiger partial charge is 0.335 e. The van der Waals surface area contributed by atoms with Gasteiger partial charge in [0.25, 0.3) is 11.8 Å². The molecule has 2 amide bonds. The molecule has 0 saturated carbocycles. The quantitative estimate of drug-likeness (QED) is 0.397. The SMILES string of the molecule is Cn1cc(/C=C2\C(=O)NC(=S)N(c3cccc(C(=O)O)c3)C2=O)c2ccccc21. The number of benzene rings is 2. The molecule has 8 heteroatoms. The predicted octanol–water partition coefficient (Wildman–Crippen LogP) is 2.71. The third-order valence-corrected chi connectivity index (χ3v) is 4.97. The van der Waals surface area contributed by atoms with Crippen LogP contribution in [0.15, 0.2) is 60.3 Å². The summed E-state index contributed by atoms with van der Waals surface area (Å²) in [6, 6.07) is 13.5. The number of anilines is 1. The monoisotopic (exact) mass is 405 g/mol. The second-order valence-electron chi connectivity index (χ2n) is 6.53. The van der Waals surface area contributed by atoms with Crippen molar-refractivity contribution >= 4 is 57.8 Å². The highest BCUT2D eigenvalue weighted by Crippen LogP contribution is 2.26. The number of nitrogens with zero attached hydrogens (tertiary/aromatic N) is 2. The first kappa shape index (κ1) is 18.6. The highest BCUT2D eigenvalue weighted by Gasteiger charge is 2.34. The molecular formula is C21H15N3O4S. The average Bonchev–Trinajstić information content (AvgIpc) is 3.01. The number of aryl methyl sites for hydroxylation is 1. The Hall–Kier alpha value is -3.78. The second kappa shape index (κ2) is 6.99. The van der Waals surface area contributed by atoms with Crippen LogP contribution in [0.4, 0.5) is 5.69 Å². The molecule has 0 spiro atoms. The summed E-state index contributed by atoms with van der Waals surface area (Å²) >= 11 is 5.17. The number of carboxylic acid groups (broad SMARTS) is 1. The molecule has 144 valence electrons. The topological polar surface area (TPSA) is 91.6 Å². The van der Waals surface area contributed by atoms with Gasteiger partial charge in [0, 0.05) is 29.7 Å². The predicted molar refractivity (Wildman–Crippen MR) is 113 cm³/mol. The number of carbonyl (C=O) groups excluding carboxylic acids is 2. The van der Waals surface area contributed by atoms with Gasteiger partial charge >= 0.3 is 5.97 Å². The molecule has 0 bridgehead atoms. The summed E-state index contributed by atoms with van der Waals surface area (Å²) in [5, 5.41) is 12.5. The molecule has 29 heavy (non-hydrogen) atoms. The number of hydrogen-bond acceptors (Lipinski definition) is 4. The van der Waals surface area contributed by atoms with Crippen LogP contribution in [0.1, 0.15) is 15.9 Å². The van der Waals surface area contributed by atoms with E-state index in [0.29, 0.717) is 5.56 Å². The van der Waals surface area contributed by atoms with Crippen LogP contribution in [0.5, 0.6) is 0 Å². The van der Waals surface area contributed by atoms with E-state index < -0.39 is 17.8 Å². The van der Waals surface area contributed by atoms with Crippen LogP contribution in [0.25, 0.3) is 17.0 Å². The Bertz CT molecular complexity index is 1240. The van der Waals surface area contributed by atoms with Gasteiger partial charge < -0.3 is 9.67 Å². The summed E-state index contributed by atoms with van der Waals surface area (Å²) < 4.78 is 1.91. The average molecular weight is 405 g/mol. The summed E-state index contributed by atoms with van der Waals surface area (Å²) in [6.07, 6.45) is 3.36. The maximum atomic E-state index is 13.1. The van der Waals surface area contributed by atoms with Gasteiger partial charge in [0.15, 0.2) is 5.11 Å². The number of carbonyl (C=O) groups is 3. The second-order valence-corrected chi connectivity index (χ2v) is 6.91. The number of fused-ring (bicyclic) bond motifs is 1. The Morgan fingerprint density at radius 1 is 1.14 bits per heavy atom. The van der Waals surface area contributed by atoms with Crippen molar-refractivity contribution in [2.75, 3.05) is 4.90 Å². The molecule has 1 aliphatic heterocycles. The molecule has 7 nitrogen and oxygen atoms in total. The van der Waals surface area contributed by atoms with Gasteiger partial charge in [-0.25, -0.2) is 4.79 Å². The Balaban J connectivity index is 1.80. The lowest BCUT2D eigenvalue weighted by Crippen LogP contribution is -2.54. The van der Waals surface area contributed by atoms with Crippen molar-refractivity contribution in [3.63, 3.8) is 0 Å². The maximum Gasteiger partial charge on any atom is 0.335 e. The van der Waals surface area contributed by atoms with Gasteiger partial charge in [-0.05, 0) is 42.6 Å². The number of para-hydroxylation sites is 1. The van der Waals surface area contributed by atoms with E-state index in [-0.39, 0.29) is 21.9 Å². The molecule has 4 rings (SSSR count). The van der Waals surface area contributed by atoms with Crippen molar-refractivity contribution in [3.8, 4) is 0 Å². The maximum absolute atomic E-state index is 13.1. The van der Waals surface area contributed by atoms with Gasteiger partial charge in [0.05, 0.1) is 11.3 Å². The van der Waals surface area contributed by atoms with Gasteiger partial charge in [-0.1, -0.05) is 24.3 Å². The Morgan fingerprint density at radius 2 is 1.90 bits per heavy atom. The number of thiocarbonyl (C=S) groups is 1. The third-order valence-electron chi connectivity index (χ3n) is 4.68. The fourth-order valence-electron chi connectivity index (χ4n) is 3.31. The number of hydrogen-bond donors (Lipinski definition) is 2. The zero-order valence-electron chi connectivity index (χ0n) is 15.2. The lowest BCUT2D eigenvalue weighted by Gasteiger charge is -2.29. The van der Waals surface area contributed by atoms with Crippen molar-refractivity contribution in [2.24, 2.45) is 7.05 Å². The molecule has 1 aliphatic rings. The van der Waals surface area contributed by atoms with E-state index in [0.717, 1.165) is 15.8 Å². The number of carboxylic acids is 1. The summed E-state index contributed by atoms with van der Waals surface area (Å²) in [7, 11) is 1.88. The van der Waals surface area contributed by atoms with E-state index in [9.17, 15) is 19.5 Å². The van der Waals surface area contributed by atoms with Crippen LogP contribution >= 0.6 is 12.2 Å². The molecule has 2 N–H and O–H groups in total. The molecule has 1 saturated heterocycles. The minimum Gasteiger partial charge on any atom is -0.478 e. The van der Waals surface area contributed by atoms with E-state index >= 15 is 0 Å². The van der Waals surface area contributed by atoms with Gasteiger partial charge in [0.2, 0.25) is 0 Å². The number of aromatic carboxylic acids is 1.